The van der Waals surface area contributed by atoms with Gasteiger partial charge in [0.1, 0.15) is 11.9 Å². The van der Waals surface area contributed by atoms with Crippen molar-refractivity contribution in [2.24, 2.45) is 5.16 Å². The highest BCUT2D eigenvalue weighted by molar-refractivity contribution is 7.80. The van der Waals surface area contributed by atoms with E-state index in [0.717, 1.165) is 36.4 Å². The number of hydrogen-bond acceptors (Lipinski definition) is 4. The minimum absolute atomic E-state index is 0.0171. The molecule has 6 heteroatoms. The van der Waals surface area contributed by atoms with Crippen LogP contribution in [0.15, 0.2) is 29.4 Å². The third-order valence-corrected chi connectivity index (χ3v) is 3.47. The summed E-state index contributed by atoms with van der Waals surface area (Å²) in [6.45, 7) is 3.63. The maximum absolute atomic E-state index is 5.44. The van der Waals surface area contributed by atoms with Crippen molar-refractivity contribution in [3.8, 4) is 5.75 Å². The molecule has 0 aromatic heterocycles. The van der Waals surface area contributed by atoms with Gasteiger partial charge in [-0.3, -0.25) is 0 Å². The highest BCUT2D eigenvalue weighted by Crippen LogP contribution is 2.18. The SMILES string of the molecule is CCCNC(=S)NCC1CC(c2ccc(OC)cc2)=NO1. The van der Waals surface area contributed by atoms with Gasteiger partial charge in [0.2, 0.25) is 0 Å². The van der Waals surface area contributed by atoms with Gasteiger partial charge in [-0.25, -0.2) is 0 Å². The number of methoxy groups -OCH3 is 1. The Labute approximate surface area is 130 Å². The molecule has 114 valence electrons. The average Bonchev–Trinajstić information content (AvgIpc) is 3.00. The zero-order chi connectivity index (χ0) is 15.1. The third kappa shape index (κ3) is 4.60. The van der Waals surface area contributed by atoms with Crippen LogP contribution in [0, 0.1) is 0 Å². The van der Waals surface area contributed by atoms with Crippen LogP contribution < -0.4 is 15.4 Å². The first kappa shape index (κ1) is 15.6. The van der Waals surface area contributed by atoms with Crippen LogP contribution in [0.1, 0.15) is 25.3 Å². The fraction of sp³-hybridized carbons (Fsp3) is 0.467. The van der Waals surface area contributed by atoms with Crippen molar-refractivity contribution in [3.05, 3.63) is 29.8 Å². The van der Waals surface area contributed by atoms with Gasteiger partial charge in [0.15, 0.2) is 5.11 Å². The molecule has 1 aliphatic rings. The summed E-state index contributed by atoms with van der Waals surface area (Å²) in [7, 11) is 1.66. The monoisotopic (exact) mass is 307 g/mol. The van der Waals surface area contributed by atoms with Crippen LogP contribution in [-0.2, 0) is 4.84 Å². The van der Waals surface area contributed by atoms with Crippen LogP contribution in [0.5, 0.6) is 5.75 Å². The molecule has 2 rings (SSSR count). The molecule has 0 aliphatic carbocycles. The molecule has 1 aromatic carbocycles. The number of rotatable bonds is 6. The van der Waals surface area contributed by atoms with Gasteiger partial charge in [-0.05, 0) is 48.5 Å². The summed E-state index contributed by atoms with van der Waals surface area (Å²) in [5, 5.41) is 11.1. The number of benzene rings is 1. The standard InChI is InChI=1S/C15H21N3O2S/c1-3-8-16-15(21)17-10-13-9-14(18-20-13)11-4-6-12(19-2)7-5-11/h4-7,13H,3,8-10H2,1-2H3,(H2,16,17,21). The first-order valence-electron chi connectivity index (χ1n) is 7.11. The summed E-state index contributed by atoms with van der Waals surface area (Å²) >= 11 is 5.18. The molecule has 0 fully saturated rings. The maximum atomic E-state index is 5.44. The number of thiocarbonyl (C=S) groups is 1. The molecule has 0 radical (unpaired) electrons. The lowest BCUT2D eigenvalue weighted by molar-refractivity contribution is 0.0885. The van der Waals surface area contributed by atoms with Crippen molar-refractivity contribution < 1.29 is 9.57 Å². The van der Waals surface area contributed by atoms with E-state index in [1.165, 1.54) is 0 Å². The van der Waals surface area contributed by atoms with Crippen LogP contribution >= 0.6 is 12.2 Å². The molecule has 21 heavy (non-hydrogen) atoms. The van der Waals surface area contributed by atoms with E-state index >= 15 is 0 Å². The predicted octanol–water partition coefficient (Wildman–Crippen LogP) is 2.06. The molecule has 1 unspecified atom stereocenters. The van der Waals surface area contributed by atoms with Crippen LogP contribution in [0.4, 0.5) is 0 Å². The zero-order valence-corrected chi connectivity index (χ0v) is 13.2. The summed E-state index contributed by atoms with van der Waals surface area (Å²) in [4.78, 5) is 5.44. The van der Waals surface area contributed by atoms with E-state index in [9.17, 15) is 0 Å². The van der Waals surface area contributed by atoms with Gasteiger partial charge in [-0.2, -0.15) is 0 Å². The maximum Gasteiger partial charge on any atom is 0.166 e. The smallest absolute Gasteiger partial charge is 0.166 e. The molecular weight excluding hydrogens is 286 g/mol. The Kier molecular flexibility index (Phi) is 5.80. The van der Waals surface area contributed by atoms with Crippen LogP contribution in [0.25, 0.3) is 0 Å². The highest BCUT2D eigenvalue weighted by Gasteiger charge is 2.22. The van der Waals surface area contributed by atoms with Gasteiger partial charge in [0.05, 0.1) is 19.4 Å². The number of ether oxygens (including phenoxy) is 1. The lowest BCUT2D eigenvalue weighted by Crippen LogP contribution is -2.39. The van der Waals surface area contributed by atoms with E-state index in [0.29, 0.717) is 11.7 Å². The Morgan fingerprint density at radius 3 is 2.81 bits per heavy atom. The Hall–Kier alpha value is -1.82. The summed E-state index contributed by atoms with van der Waals surface area (Å²) in [5.74, 6) is 0.837. The average molecular weight is 307 g/mol. The minimum Gasteiger partial charge on any atom is -0.497 e. The molecule has 5 nitrogen and oxygen atoms in total. The van der Waals surface area contributed by atoms with Gasteiger partial charge in [-0.1, -0.05) is 12.1 Å². The molecule has 1 aliphatic heterocycles. The molecule has 0 saturated carbocycles. The molecule has 0 amide bonds. The summed E-state index contributed by atoms with van der Waals surface area (Å²) in [6, 6.07) is 7.83. The molecule has 0 spiro atoms. The van der Waals surface area contributed by atoms with E-state index in [-0.39, 0.29) is 6.10 Å². The van der Waals surface area contributed by atoms with E-state index in [1.807, 2.05) is 24.3 Å². The normalized spacial score (nSPS) is 16.9. The lowest BCUT2D eigenvalue weighted by atomic mass is 10.0. The van der Waals surface area contributed by atoms with Crippen molar-refractivity contribution in [2.75, 3.05) is 20.2 Å². The molecule has 1 aromatic rings. The first-order valence-corrected chi connectivity index (χ1v) is 7.52. The largest absolute Gasteiger partial charge is 0.497 e. The van der Waals surface area contributed by atoms with Gasteiger partial charge in [0.25, 0.3) is 0 Å². The van der Waals surface area contributed by atoms with Crippen LogP contribution in [0.2, 0.25) is 0 Å². The topological polar surface area (TPSA) is 54.9 Å². The van der Waals surface area contributed by atoms with E-state index in [4.69, 9.17) is 21.8 Å². The number of nitrogens with one attached hydrogen (secondary N) is 2. The fourth-order valence-corrected chi connectivity index (χ4v) is 2.18. The van der Waals surface area contributed by atoms with E-state index in [2.05, 4.69) is 22.7 Å². The quantitative estimate of drug-likeness (QED) is 0.788. The first-order chi connectivity index (χ1) is 10.2. The predicted molar refractivity (Wildman–Crippen MR) is 87.9 cm³/mol. The summed E-state index contributed by atoms with van der Waals surface area (Å²) in [5.41, 5.74) is 2.02. The van der Waals surface area contributed by atoms with E-state index in [1.54, 1.807) is 7.11 Å². The Morgan fingerprint density at radius 2 is 2.14 bits per heavy atom. The van der Waals surface area contributed by atoms with Gasteiger partial charge in [-0.15, -0.1) is 0 Å². The molecular formula is C15H21N3O2S. The van der Waals surface area contributed by atoms with E-state index < -0.39 is 0 Å². The number of hydrogen-bond donors (Lipinski definition) is 2. The second-order valence-corrected chi connectivity index (χ2v) is 5.24. The molecule has 0 bridgehead atoms. The Bertz CT molecular complexity index is 502. The van der Waals surface area contributed by atoms with Crippen molar-refractivity contribution in [2.45, 2.75) is 25.9 Å². The summed E-state index contributed by atoms with van der Waals surface area (Å²) < 4.78 is 5.15. The molecule has 1 atom stereocenters. The van der Waals surface area contributed by atoms with Crippen molar-refractivity contribution in [1.82, 2.24) is 10.6 Å². The van der Waals surface area contributed by atoms with Crippen molar-refractivity contribution in [3.63, 3.8) is 0 Å². The van der Waals surface area contributed by atoms with Crippen molar-refractivity contribution >= 4 is 23.0 Å². The summed E-state index contributed by atoms with van der Waals surface area (Å²) in [6.07, 6.45) is 1.84. The van der Waals surface area contributed by atoms with Crippen LogP contribution in [0.3, 0.4) is 0 Å². The third-order valence-electron chi connectivity index (χ3n) is 3.18. The molecule has 2 N–H and O–H groups in total. The van der Waals surface area contributed by atoms with Crippen molar-refractivity contribution in [1.29, 1.82) is 0 Å². The van der Waals surface area contributed by atoms with Crippen LogP contribution in [-0.4, -0.2) is 37.1 Å². The fourth-order valence-electron chi connectivity index (χ4n) is 2.00. The number of nitrogens with zero attached hydrogens (tertiary/aromatic N) is 1. The second kappa shape index (κ2) is 7.83. The Balaban J connectivity index is 1.78. The second-order valence-electron chi connectivity index (χ2n) is 4.83. The minimum atomic E-state index is 0.0171. The zero-order valence-electron chi connectivity index (χ0n) is 12.4. The van der Waals surface area contributed by atoms with Gasteiger partial charge < -0.3 is 20.2 Å². The Morgan fingerprint density at radius 1 is 1.38 bits per heavy atom. The molecule has 0 saturated heterocycles. The van der Waals surface area contributed by atoms with Gasteiger partial charge in [0, 0.05) is 13.0 Å². The molecule has 1 heterocycles. The lowest BCUT2D eigenvalue weighted by Gasteiger charge is -2.12. The van der Waals surface area contributed by atoms with Gasteiger partial charge >= 0.3 is 0 Å². The highest BCUT2D eigenvalue weighted by atomic mass is 32.1. The number of oxime groups is 1.